The molecule has 0 heterocycles. The Morgan fingerprint density at radius 2 is 1.85 bits per heavy atom. The summed E-state index contributed by atoms with van der Waals surface area (Å²) in [4.78, 5) is 0. The Kier molecular flexibility index (Phi) is 1.78. The minimum atomic E-state index is 0.699. The maximum atomic E-state index is 2.59. The Hall–Kier alpha value is -0.260. The van der Waals surface area contributed by atoms with Gasteiger partial charge in [-0.1, -0.05) is 31.4 Å². The molecule has 13 heavy (non-hydrogen) atoms. The standard InChI is InChI=1S/C13H20/c1-2-4-12(5-3-1)13-8-6-11(10-13)7-9-13/h6,8,11-12H,1-5,7,9-10H2/t11-,13-/m0/s1. The molecule has 3 rings (SSSR count). The van der Waals surface area contributed by atoms with Crippen molar-refractivity contribution in [1.82, 2.24) is 0 Å². The summed E-state index contributed by atoms with van der Waals surface area (Å²) in [7, 11) is 0. The third kappa shape index (κ3) is 1.18. The molecule has 2 atom stereocenters. The van der Waals surface area contributed by atoms with Crippen molar-refractivity contribution in [3.8, 4) is 0 Å². The lowest BCUT2D eigenvalue weighted by molar-refractivity contribution is 0.179. The van der Waals surface area contributed by atoms with E-state index in [2.05, 4.69) is 12.2 Å². The maximum Gasteiger partial charge on any atom is -0.00841 e. The molecule has 0 aliphatic heterocycles. The van der Waals surface area contributed by atoms with Crippen LogP contribution in [0.4, 0.5) is 0 Å². The number of allylic oxidation sites excluding steroid dienone is 2. The number of hydrogen-bond acceptors (Lipinski definition) is 0. The zero-order valence-electron chi connectivity index (χ0n) is 8.47. The molecular weight excluding hydrogens is 156 g/mol. The van der Waals surface area contributed by atoms with E-state index in [0.29, 0.717) is 5.41 Å². The average molecular weight is 176 g/mol. The Morgan fingerprint density at radius 3 is 2.38 bits per heavy atom. The minimum Gasteiger partial charge on any atom is -0.0848 e. The summed E-state index contributed by atoms with van der Waals surface area (Å²) in [5.41, 5.74) is 0.699. The fourth-order valence-electron chi connectivity index (χ4n) is 3.97. The molecule has 2 bridgehead atoms. The van der Waals surface area contributed by atoms with Crippen LogP contribution in [0, 0.1) is 17.3 Å². The predicted molar refractivity (Wildman–Crippen MR) is 55.5 cm³/mol. The molecule has 0 heteroatoms. The first-order valence-corrected chi connectivity index (χ1v) is 6.08. The molecule has 0 aromatic carbocycles. The minimum absolute atomic E-state index is 0.699. The molecule has 0 nitrogen and oxygen atoms in total. The van der Waals surface area contributed by atoms with Gasteiger partial charge in [-0.25, -0.2) is 0 Å². The van der Waals surface area contributed by atoms with Gasteiger partial charge in [0.1, 0.15) is 0 Å². The zero-order valence-corrected chi connectivity index (χ0v) is 8.47. The van der Waals surface area contributed by atoms with E-state index in [1.807, 2.05) is 0 Å². The summed E-state index contributed by atoms with van der Waals surface area (Å²) in [6.45, 7) is 0. The Balaban J connectivity index is 1.79. The van der Waals surface area contributed by atoms with Crippen LogP contribution in [0.15, 0.2) is 12.2 Å². The average Bonchev–Trinajstić information content (AvgIpc) is 2.80. The second-order valence-corrected chi connectivity index (χ2v) is 5.43. The highest BCUT2D eigenvalue weighted by atomic mass is 14.5. The molecule has 2 saturated carbocycles. The molecule has 0 unspecified atom stereocenters. The Bertz CT molecular complexity index is 222. The Labute approximate surface area is 81.4 Å². The van der Waals surface area contributed by atoms with Crippen LogP contribution in [0.25, 0.3) is 0 Å². The summed E-state index contributed by atoms with van der Waals surface area (Å²) in [5.74, 6) is 2.03. The monoisotopic (exact) mass is 176 g/mol. The molecule has 0 radical (unpaired) electrons. The van der Waals surface area contributed by atoms with Crippen molar-refractivity contribution >= 4 is 0 Å². The van der Waals surface area contributed by atoms with Crippen LogP contribution in [0.5, 0.6) is 0 Å². The van der Waals surface area contributed by atoms with E-state index in [9.17, 15) is 0 Å². The van der Waals surface area contributed by atoms with Gasteiger partial charge in [0.05, 0.1) is 0 Å². The van der Waals surface area contributed by atoms with Crippen molar-refractivity contribution in [3.63, 3.8) is 0 Å². The smallest absolute Gasteiger partial charge is 0.00841 e. The van der Waals surface area contributed by atoms with Crippen LogP contribution in [0.1, 0.15) is 51.4 Å². The first kappa shape index (κ1) is 8.08. The van der Waals surface area contributed by atoms with E-state index in [4.69, 9.17) is 0 Å². The van der Waals surface area contributed by atoms with Crippen LogP contribution < -0.4 is 0 Å². The van der Waals surface area contributed by atoms with E-state index in [1.165, 1.54) is 51.4 Å². The first-order chi connectivity index (χ1) is 6.39. The van der Waals surface area contributed by atoms with E-state index in [0.717, 1.165) is 11.8 Å². The fourth-order valence-corrected chi connectivity index (χ4v) is 3.97. The summed E-state index contributed by atoms with van der Waals surface area (Å²) in [6, 6.07) is 0. The number of fused-ring (bicyclic) bond motifs is 2. The third-order valence-electron chi connectivity index (χ3n) is 4.74. The molecule has 3 aliphatic rings. The second kappa shape index (κ2) is 2.87. The molecule has 3 aliphatic carbocycles. The highest BCUT2D eigenvalue weighted by Crippen LogP contribution is 2.56. The highest BCUT2D eigenvalue weighted by Gasteiger charge is 2.45. The van der Waals surface area contributed by atoms with Gasteiger partial charge in [-0.2, -0.15) is 0 Å². The van der Waals surface area contributed by atoms with E-state index in [1.54, 1.807) is 0 Å². The van der Waals surface area contributed by atoms with Crippen molar-refractivity contribution in [2.45, 2.75) is 51.4 Å². The van der Waals surface area contributed by atoms with Gasteiger partial charge in [-0.15, -0.1) is 0 Å². The van der Waals surface area contributed by atoms with Gasteiger partial charge in [-0.3, -0.25) is 0 Å². The van der Waals surface area contributed by atoms with Gasteiger partial charge in [0.2, 0.25) is 0 Å². The Morgan fingerprint density at radius 1 is 1.00 bits per heavy atom. The molecule has 0 N–H and O–H groups in total. The lowest BCUT2D eigenvalue weighted by atomic mass is 9.68. The van der Waals surface area contributed by atoms with Crippen molar-refractivity contribution < 1.29 is 0 Å². The second-order valence-electron chi connectivity index (χ2n) is 5.43. The molecule has 0 aromatic rings. The van der Waals surface area contributed by atoms with Gasteiger partial charge in [-0.05, 0) is 49.4 Å². The first-order valence-electron chi connectivity index (χ1n) is 6.08. The van der Waals surface area contributed by atoms with E-state index >= 15 is 0 Å². The predicted octanol–water partition coefficient (Wildman–Crippen LogP) is 3.92. The van der Waals surface area contributed by atoms with Gasteiger partial charge in [0, 0.05) is 0 Å². The molecule has 0 saturated heterocycles. The van der Waals surface area contributed by atoms with Crippen molar-refractivity contribution in [1.29, 1.82) is 0 Å². The van der Waals surface area contributed by atoms with Crippen LogP contribution >= 0.6 is 0 Å². The molecule has 72 valence electrons. The molecule has 2 fully saturated rings. The fraction of sp³-hybridized carbons (Fsp3) is 0.846. The summed E-state index contributed by atoms with van der Waals surface area (Å²) >= 11 is 0. The van der Waals surface area contributed by atoms with E-state index < -0.39 is 0 Å². The molecule has 0 amide bonds. The molecular formula is C13H20. The van der Waals surface area contributed by atoms with Gasteiger partial charge < -0.3 is 0 Å². The van der Waals surface area contributed by atoms with Crippen molar-refractivity contribution in [2.24, 2.45) is 17.3 Å². The SMILES string of the molecule is C1=C[C@]2(C3CCCCC3)CC[C@H]1C2. The molecule has 0 aromatic heterocycles. The van der Waals surface area contributed by atoms with Crippen LogP contribution in [0.2, 0.25) is 0 Å². The lowest BCUT2D eigenvalue weighted by Gasteiger charge is -2.36. The summed E-state index contributed by atoms with van der Waals surface area (Å²) in [6.07, 6.45) is 17.2. The van der Waals surface area contributed by atoms with Crippen molar-refractivity contribution in [2.75, 3.05) is 0 Å². The van der Waals surface area contributed by atoms with Crippen LogP contribution in [-0.2, 0) is 0 Å². The highest BCUT2D eigenvalue weighted by molar-refractivity contribution is 5.17. The van der Waals surface area contributed by atoms with Crippen LogP contribution in [0.3, 0.4) is 0 Å². The van der Waals surface area contributed by atoms with Gasteiger partial charge >= 0.3 is 0 Å². The molecule has 0 spiro atoms. The lowest BCUT2D eigenvalue weighted by Crippen LogP contribution is -2.26. The third-order valence-corrected chi connectivity index (χ3v) is 4.74. The maximum absolute atomic E-state index is 2.59. The quantitative estimate of drug-likeness (QED) is 0.531. The van der Waals surface area contributed by atoms with Crippen molar-refractivity contribution in [3.05, 3.63) is 12.2 Å². The topological polar surface area (TPSA) is 0 Å². The largest absolute Gasteiger partial charge is 0.0848 e. The number of rotatable bonds is 1. The summed E-state index contributed by atoms with van der Waals surface area (Å²) < 4.78 is 0. The van der Waals surface area contributed by atoms with Gasteiger partial charge in [0.15, 0.2) is 0 Å². The zero-order chi connectivity index (χ0) is 8.73. The van der Waals surface area contributed by atoms with Gasteiger partial charge in [0.25, 0.3) is 0 Å². The normalized spacial score (nSPS) is 44.5. The number of hydrogen-bond donors (Lipinski definition) is 0. The summed E-state index contributed by atoms with van der Waals surface area (Å²) in [5, 5.41) is 0. The van der Waals surface area contributed by atoms with Crippen LogP contribution in [-0.4, -0.2) is 0 Å². The van der Waals surface area contributed by atoms with E-state index in [-0.39, 0.29) is 0 Å².